The predicted octanol–water partition coefficient (Wildman–Crippen LogP) is 7.60. The largest absolute Gasteiger partial charge is 0.444 e. The van der Waals surface area contributed by atoms with E-state index >= 15 is 0 Å². The van der Waals surface area contributed by atoms with Crippen molar-refractivity contribution in [2.24, 2.45) is 0 Å². The molecule has 3 aromatic rings. The molecule has 0 bridgehead atoms. The van der Waals surface area contributed by atoms with E-state index in [1.807, 2.05) is 45.0 Å². The summed E-state index contributed by atoms with van der Waals surface area (Å²) in [7, 11) is 1.67. The van der Waals surface area contributed by atoms with E-state index < -0.39 is 35.1 Å². The van der Waals surface area contributed by atoms with Crippen molar-refractivity contribution in [3.05, 3.63) is 46.7 Å². The normalized spacial score (nSPS) is 12.0. The molecule has 0 radical (unpaired) electrons. The van der Waals surface area contributed by atoms with E-state index in [2.05, 4.69) is 31.1 Å². The zero-order valence-electron chi connectivity index (χ0n) is 26.1. The van der Waals surface area contributed by atoms with Crippen LogP contribution in [-0.2, 0) is 20.8 Å². The van der Waals surface area contributed by atoms with Crippen molar-refractivity contribution in [3.8, 4) is 22.7 Å². The first-order valence-corrected chi connectivity index (χ1v) is 14.3. The van der Waals surface area contributed by atoms with Gasteiger partial charge in [-0.2, -0.15) is 4.90 Å². The fourth-order valence-corrected chi connectivity index (χ4v) is 3.80. The number of anilines is 1. The first-order valence-electron chi connectivity index (χ1n) is 13.5. The summed E-state index contributed by atoms with van der Waals surface area (Å²) < 4.78 is 22.3. The Morgan fingerprint density at radius 3 is 1.86 bits per heavy atom. The third-order valence-electron chi connectivity index (χ3n) is 5.21. The van der Waals surface area contributed by atoms with E-state index in [1.54, 1.807) is 54.7 Å². The highest BCUT2D eigenvalue weighted by Gasteiger charge is 2.36. The molecule has 0 spiro atoms. The van der Waals surface area contributed by atoms with Crippen molar-refractivity contribution in [1.82, 2.24) is 20.0 Å². The topological polar surface area (TPSA) is 137 Å². The Morgan fingerprint density at radius 1 is 0.837 bits per heavy atom. The summed E-state index contributed by atoms with van der Waals surface area (Å²) in [6.07, 6.45) is -1.01. The molecule has 0 atom stereocenters. The molecular weight excluding hydrogens is 622 g/mol. The smallest absolute Gasteiger partial charge is 0.425 e. The Balaban J connectivity index is 1.93. The van der Waals surface area contributed by atoms with Gasteiger partial charge >= 0.3 is 18.3 Å². The van der Waals surface area contributed by atoms with Crippen molar-refractivity contribution >= 4 is 40.0 Å². The number of hydrogen-bond acceptors (Lipinski definition) is 10. The van der Waals surface area contributed by atoms with Crippen LogP contribution < -0.4 is 4.90 Å². The minimum Gasteiger partial charge on any atom is -0.444 e. The molecule has 0 aliphatic heterocycles. The van der Waals surface area contributed by atoms with E-state index in [-0.39, 0.29) is 21.9 Å². The summed E-state index contributed by atoms with van der Waals surface area (Å²) in [6.45, 7) is 15.8. The number of rotatable bonds is 5. The van der Waals surface area contributed by atoms with Crippen molar-refractivity contribution in [2.45, 2.75) is 85.7 Å². The molecule has 0 saturated heterocycles. The second-order valence-corrected chi connectivity index (χ2v) is 13.6. The van der Waals surface area contributed by atoms with E-state index in [4.69, 9.17) is 18.7 Å². The Labute approximate surface area is 259 Å². The summed E-state index contributed by atoms with van der Waals surface area (Å²) in [5.74, 6) is -0.0167. The maximum atomic E-state index is 13.3. The minimum atomic E-state index is -0.998. The van der Waals surface area contributed by atoms with Gasteiger partial charge in [-0.15, -0.1) is 0 Å². The van der Waals surface area contributed by atoms with Gasteiger partial charge in [-0.05, 0) is 83.8 Å². The first-order chi connectivity index (χ1) is 19.7. The van der Waals surface area contributed by atoms with Crippen LogP contribution in [0, 0.1) is 0 Å². The molecule has 2 aromatic heterocycles. The van der Waals surface area contributed by atoms with Gasteiger partial charge in [0.2, 0.25) is 0 Å². The minimum absolute atomic E-state index is 0.0641. The van der Waals surface area contributed by atoms with Crippen LogP contribution in [-0.4, -0.2) is 62.2 Å². The molecule has 0 saturated carbocycles. The molecule has 1 aromatic carbocycles. The van der Waals surface area contributed by atoms with Crippen LogP contribution in [0.4, 0.5) is 20.2 Å². The van der Waals surface area contributed by atoms with Crippen molar-refractivity contribution in [2.75, 3.05) is 11.9 Å². The van der Waals surface area contributed by atoms with Crippen molar-refractivity contribution in [1.29, 1.82) is 0 Å². The predicted molar refractivity (Wildman–Crippen MR) is 163 cm³/mol. The van der Waals surface area contributed by atoms with Gasteiger partial charge in [-0.25, -0.2) is 24.4 Å². The Morgan fingerprint density at radius 2 is 1.35 bits per heavy atom. The second-order valence-electron chi connectivity index (χ2n) is 12.8. The highest BCUT2D eigenvalue weighted by atomic mass is 79.9. The fraction of sp³-hybridized carbons (Fsp3) is 0.467. The van der Waals surface area contributed by atoms with Crippen LogP contribution in [0.3, 0.4) is 0 Å². The maximum Gasteiger partial charge on any atom is 0.425 e. The molecule has 0 N–H and O–H groups in total. The lowest BCUT2D eigenvalue weighted by molar-refractivity contribution is 0.0283. The molecular formula is C30H38BrN5O7. The lowest BCUT2D eigenvalue weighted by Crippen LogP contribution is -2.44. The SMILES string of the molecule is CN(Cc1ccc(-c2cc(-c3ncc(Br)nc3N(C(=O)OC(C)(C)C)C(=O)OC(C)(C)C)on2)cc1)C(=O)OC(C)(C)C. The molecule has 12 nitrogen and oxygen atoms in total. The van der Waals surface area contributed by atoms with E-state index in [0.29, 0.717) is 17.1 Å². The van der Waals surface area contributed by atoms with Gasteiger partial charge in [0.25, 0.3) is 0 Å². The number of halogens is 1. The number of benzene rings is 1. The number of imide groups is 1. The van der Waals surface area contributed by atoms with Gasteiger partial charge < -0.3 is 23.6 Å². The lowest BCUT2D eigenvalue weighted by atomic mass is 10.1. The summed E-state index contributed by atoms with van der Waals surface area (Å²) >= 11 is 3.26. The summed E-state index contributed by atoms with van der Waals surface area (Å²) in [5.41, 5.74) is -0.272. The van der Waals surface area contributed by atoms with Gasteiger partial charge in [0.15, 0.2) is 17.3 Å². The second kappa shape index (κ2) is 12.7. The average molecular weight is 661 g/mol. The number of ether oxygens (including phenoxy) is 3. The quantitative estimate of drug-likeness (QED) is 0.252. The lowest BCUT2D eigenvalue weighted by Gasteiger charge is -2.28. The molecule has 13 heteroatoms. The van der Waals surface area contributed by atoms with E-state index in [9.17, 15) is 14.4 Å². The van der Waals surface area contributed by atoms with Crippen LogP contribution in [0.5, 0.6) is 0 Å². The summed E-state index contributed by atoms with van der Waals surface area (Å²) in [6, 6.07) is 9.01. The van der Waals surface area contributed by atoms with Crippen LogP contribution in [0.2, 0.25) is 0 Å². The molecule has 0 aliphatic carbocycles. The number of aromatic nitrogens is 3. The van der Waals surface area contributed by atoms with Gasteiger partial charge in [0, 0.05) is 25.2 Å². The molecule has 0 aliphatic rings. The zero-order valence-corrected chi connectivity index (χ0v) is 27.7. The van der Waals surface area contributed by atoms with Crippen LogP contribution >= 0.6 is 15.9 Å². The Bertz CT molecular complexity index is 1440. The Kier molecular flexibility index (Phi) is 9.90. The van der Waals surface area contributed by atoms with E-state index in [1.165, 1.54) is 11.1 Å². The molecule has 2 heterocycles. The summed E-state index contributed by atoms with van der Waals surface area (Å²) in [5, 5.41) is 4.16. The third kappa shape index (κ3) is 9.77. The molecule has 0 unspecified atom stereocenters. The van der Waals surface area contributed by atoms with Crippen LogP contribution in [0.25, 0.3) is 22.7 Å². The fourth-order valence-electron chi connectivity index (χ4n) is 3.53. The highest BCUT2D eigenvalue weighted by molar-refractivity contribution is 9.10. The number of nitrogens with zero attached hydrogens (tertiary/aromatic N) is 5. The number of amides is 3. The van der Waals surface area contributed by atoms with Gasteiger partial charge in [-0.3, -0.25) is 0 Å². The monoisotopic (exact) mass is 659 g/mol. The van der Waals surface area contributed by atoms with Gasteiger partial charge in [0.05, 0.1) is 6.20 Å². The molecule has 0 fully saturated rings. The average Bonchev–Trinajstić information content (AvgIpc) is 3.31. The standard InChI is InChI=1S/C30H38BrN5O7/c1-28(2,3)40-25(37)35(10)17-18-11-13-19(14-12-18)20-15-21(43-34-20)23-24(33-22(31)16-32-23)36(26(38)41-29(4,5)6)27(39)42-30(7,8)9/h11-16H,17H2,1-10H3. The summed E-state index contributed by atoms with van der Waals surface area (Å²) in [4.78, 5) is 49.7. The zero-order chi connectivity index (χ0) is 32.3. The number of carbonyl (C=O) groups excluding carboxylic acids is 3. The van der Waals surface area contributed by atoms with E-state index in [0.717, 1.165) is 11.1 Å². The molecule has 43 heavy (non-hydrogen) atoms. The highest BCUT2D eigenvalue weighted by Crippen LogP contribution is 2.33. The molecule has 3 amide bonds. The molecule has 3 rings (SSSR count). The first kappa shape index (κ1) is 33.5. The van der Waals surface area contributed by atoms with Crippen LogP contribution in [0.1, 0.15) is 67.9 Å². The molecule has 232 valence electrons. The van der Waals surface area contributed by atoms with Gasteiger partial charge in [-0.1, -0.05) is 29.4 Å². The maximum absolute atomic E-state index is 13.3. The third-order valence-corrected chi connectivity index (χ3v) is 5.59. The van der Waals surface area contributed by atoms with Crippen LogP contribution in [0.15, 0.2) is 45.7 Å². The number of hydrogen-bond donors (Lipinski definition) is 0. The van der Waals surface area contributed by atoms with Crippen molar-refractivity contribution in [3.63, 3.8) is 0 Å². The van der Waals surface area contributed by atoms with Gasteiger partial charge in [0.1, 0.15) is 27.1 Å². The van der Waals surface area contributed by atoms with Crippen molar-refractivity contribution < 1.29 is 33.1 Å². The Hall–Kier alpha value is -4.00. The number of carbonyl (C=O) groups is 3.